The molecule has 1 N–H and O–H groups in total. The fraction of sp³-hybridized carbons (Fsp3) is 0.747. The summed E-state index contributed by atoms with van der Waals surface area (Å²) in [5, 5.41) is 10.7. The maximum Gasteiger partial charge on any atom is 0.245 e. The highest BCUT2D eigenvalue weighted by molar-refractivity contribution is 7.98. The Morgan fingerprint density at radius 1 is 0.350 bits per heavy atom. The van der Waals surface area contributed by atoms with E-state index in [0.29, 0.717) is 57.0 Å². The van der Waals surface area contributed by atoms with Crippen LogP contribution in [0.2, 0.25) is 0 Å². The summed E-state index contributed by atoms with van der Waals surface area (Å²) in [6.07, 6.45) is 47.5. The smallest absolute Gasteiger partial charge is 0.245 e. The van der Waals surface area contributed by atoms with Crippen molar-refractivity contribution < 1.29 is 52.8 Å². The third-order valence-electron chi connectivity index (χ3n) is 10.6. The standard InChI is InChI=1S/C6H10O.C6H8O.2C5H7NO.C5H8O.C5H6O.C4H8N2.C4H5NO.C4H7NO.C4H5NO.C4H7NS.C3H5NO2.12C2H6/c2*7-6-4-2-1-3-5-6;7-5-2-1-3-6-4-5;7-5-3-1-2-4-6-5;2*6-5-3-1-2-4-5;1-2-4-6-5-3-1;6-4-1-2-5-3-4;1-2-4-6-5-3-1;6-4-2-1-3-5-4;1-2-4-6-5-3-1;1-2-6-4-3-5-1;12*1-2/h1-5H2;2,4H,1,3,5H2;2*4H,1-3H2;1-4H2;1,3H,2,4H2;3,6H,1-2,4H2;3H,1-2H2;3H,1-2,4H2;3H,1-2H2;3H,1-2,4H2;3H,1-2H2;12*1-2H3. The molecule has 2 saturated carbocycles. The van der Waals surface area contributed by atoms with E-state index in [4.69, 9.17) is 0 Å². The van der Waals surface area contributed by atoms with Crippen LogP contribution in [0, 0.1) is 0 Å². The van der Waals surface area contributed by atoms with E-state index in [1.54, 1.807) is 42.7 Å². The lowest BCUT2D eigenvalue weighted by molar-refractivity contribution is -0.120. The molecule has 0 spiro atoms. The van der Waals surface area contributed by atoms with Gasteiger partial charge in [0.05, 0.1) is 12.4 Å². The number of nitrogens with zero attached hydrogens (tertiary/aromatic N) is 8. The SMILES string of the molecule is C1=NNCCC1.C1=NOCCC1.C1=NOCCO1.C1=NSCCC1.CC.CC.CC.CC.CC.CC.CC.CC.CC.CC.CC.CC.O=C1C=CCC1.O=C1C=CCCC1.O=C1C=NCC1.O=C1C=NCCC1.O=C1CCC=N1.O=C1CCCC1.O=C1CCCC=N1.O=C1CCCCC1. The monoisotopic (exact) mass is 1440 g/mol. The van der Waals surface area contributed by atoms with Crippen LogP contribution < -0.4 is 5.43 Å². The normalized spacial score (nSPS) is 16.2. The van der Waals surface area contributed by atoms with Gasteiger partial charge in [0.25, 0.3) is 0 Å². The summed E-state index contributed by atoms with van der Waals surface area (Å²) in [7, 11) is 0. The topological polar surface area (TPSA) is 275 Å². The third kappa shape index (κ3) is 125. The van der Waals surface area contributed by atoms with Crippen molar-refractivity contribution >= 4 is 108 Å². The summed E-state index contributed by atoms with van der Waals surface area (Å²) < 4.78 is 8.62. The lowest BCUT2D eigenvalue weighted by Crippen LogP contribution is -2.11. The van der Waals surface area contributed by atoms with Crippen molar-refractivity contribution in [3.8, 4) is 0 Å². The van der Waals surface area contributed by atoms with Crippen LogP contribution in [0.3, 0.4) is 0 Å². The minimum Gasteiger partial charge on any atom is -0.477 e. The van der Waals surface area contributed by atoms with Gasteiger partial charge in [-0.1, -0.05) is 195 Å². The molecule has 21 heteroatoms. The molecule has 0 aromatic heterocycles. The van der Waals surface area contributed by atoms with Crippen molar-refractivity contribution in [1.82, 2.24) is 5.43 Å². The van der Waals surface area contributed by atoms with Gasteiger partial charge in [-0.15, -0.1) is 0 Å². The van der Waals surface area contributed by atoms with Crippen molar-refractivity contribution in [1.29, 1.82) is 0 Å². The third-order valence-corrected chi connectivity index (χ3v) is 11.4. The number of nitrogens with one attached hydrogen (secondary N) is 1. The van der Waals surface area contributed by atoms with Gasteiger partial charge in [0.15, 0.2) is 29.7 Å². The van der Waals surface area contributed by atoms with Crippen LogP contribution in [-0.2, 0) is 52.8 Å². The number of carbonyl (C=O) groups excluding carboxylic acids is 8. The first-order chi connectivity index (χ1) is 49.2. The van der Waals surface area contributed by atoms with E-state index in [2.05, 4.69) is 59.6 Å². The summed E-state index contributed by atoms with van der Waals surface area (Å²) in [5.41, 5.74) is 2.85. The number of hydrogen-bond acceptors (Lipinski definition) is 19. The van der Waals surface area contributed by atoms with Gasteiger partial charge in [-0.2, -0.15) is 5.10 Å². The fourth-order valence-electron chi connectivity index (χ4n) is 6.42. The Morgan fingerprint density at radius 3 is 0.960 bits per heavy atom. The molecule has 0 aromatic carbocycles. The van der Waals surface area contributed by atoms with Crippen LogP contribution in [0.25, 0.3) is 0 Å². The molecule has 0 unspecified atom stereocenters. The van der Waals surface area contributed by atoms with Gasteiger partial charge in [0, 0.05) is 121 Å². The first kappa shape index (κ1) is 121. The molecule has 0 bridgehead atoms. The second kappa shape index (κ2) is 129. The molecular formula is C79H155N9O11S. The highest BCUT2D eigenvalue weighted by Gasteiger charge is 2.08. The number of oxime groups is 2. The predicted molar refractivity (Wildman–Crippen MR) is 440 cm³/mol. The van der Waals surface area contributed by atoms with Crippen LogP contribution in [-0.4, -0.2) is 142 Å². The minimum absolute atomic E-state index is 0.0231. The summed E-state index contributed by atoms with van der Waals surface area (Å²) in [6, 6.07) is 0. The Labute approximate surface area is 618 Å². The lowest BCUT2D eigenvalue weighted by Gasteiger charge is -2.05. The van der Waals surface area contributed by atoms with E-state index in [-0.39, 0.29) is 34.9 Å². The number of allylic oxidation sites excluding steroid dienone is 4. The van der Waals surface area contributed by atoms with Gasteiger partial charge in [0.1, 0.15) is 24.8 Å². The molecule has 12 rings (SSSR count). The number of ether oxygens (including phenoxy) is 1. The molecule has 0 aromatic rings. The summed E-state index contributed by atoms with van der Waals surface area (Å²) in [4.78, 5) is 106. The van der Waals surface area contributed by atoms with E-state index in [9.17, 15) is 38.4 Å². The first-order valence-electron chi connectivity index (χ1n) is 39.0. The zero-order valence-corrected chi connectivity index (χ0v) is 69.5. The lowest BCUT2D eigenvalue weighted by atomic mass is 10.00. The van der Waals surface area contributed by atoms with E-state index < -0.39 is 0 Å². The van der Waals surface area contributed by atoms with E-state index in [0.717, 1.165) is 148 Å². The number of aliphatic imine (C=N–C) groups is 4. The Morgan fingerprint density at radius 2 is 0.810 bits per heavy atom. The molecule has 2 amide bonds. The Hall–Kier alpha value is -6.25. The van der Waals surface area contributed by atoms with Crippen molar-refractivity contribution in [3.63, 3.8) is 0 Å². The summed E-state index contributed by atoms with van der Waals surface area (Å²) in [6.45, 7) is 52.6. The minimum atomic E-state index is 0.0231. The molecule has 0 saturated heterocycles. The predicted octanol–water partition coefficient (Wildman–Crippen LogP) is 21.4. The van der Waals surface area contributed by atoms with Gasteiger partial charge in [-0.05, 0) is 133 Å². The molecule has 100 heavy (non-hydrogen) atoms. The highest BCUT2D eigenvalue weighted by atomic mass is 32.2. The average molecular weight is 1440 g/mol. The van der Waals surface area contributed by atoms with Crippen LogP contribution in [0.15, 0.2) is 64.1 Å². The Bertz CT molecular complexity index is 1740. The van der Waals surface area contributed by atoms with Crippen molar-refractivity contribution in [3.05, 3.63) is 24.3 Å². The highest BCUT2D eigenvalue weighted by Crippen LogP contribution is 2.13. The average Bonchev–Trinajstić information content (AvgIpc) is 2.86. The van der Waals surface area contributed by atoms with Crippen molar-refractivity contribution in [2.45, 2.75) is 346 Å². The van der Waals surface area contributed by atoms with Crippen LogP contribution in [0.1, 0.15) is 346 Å². The van der Waals surface area contributed by atoms with Gasteiger partial charge < -0.3 is 19.8 Å². The van der Waals surface area contributed by atoms with Gasteiger partial charge in [0.2, 0.25) is 18.2 Å². The molecule has 8 heterocycles. The zero-order chi connectivity index (χ0) is 79.0. The van der Waals surface area contributed by atoms with Crippen LogP contribution in [0.5, 0.6) is 0 Å². The molecule has 0 radical (unpaired) electrons. The second-order valence-electron chi connectivity index (χ2n) is 17.5. The quantitative estimate of drug-likeness (QED) is 0.221. The number of rotatable bonds is 0. The summed E-state index contributed by atoms with van der Waals surface area (Å²) >= 11 is 1.66. The van der Waals surface area contributed by atoms with E-state index in [1.807, 2.05) is 191 Å². The fourth-order valence-corrected chi connectivity index (χ4v) is 7.03. The first-order valence-corrected chi connectivity index (χ1v) is 40.0. The largest absolute Gasteiger partial charge is 0.477 e. The molecule has 588 valence electrons. The second-order valence-corrected chi connectivity index (χ2v) is 18.4. The zero-order valence-electron chi connectivity index (χ0n) is 68.7. The molecule has 8 aliphatic heterocycles. The number of carbonyl (C=O) groups is 8. The number of hydrogen-bond donors (Lipinski definition) is 1. The van der Waals surface area contributed by atoms with E-state index in [1.165, 1.54) is 50.3 Å². The molecule has 2 fully saturated rings. The molecular weight excluding hydrogens is 1280 g/mol. The van der Waals surface area contributed by atoms with Gasteiger partial charge >= 0.3 is 0 Å². The van der Waals surface area contributed by atoms with E-state index >= 15 is 0 Å². The molecule has 4 aliphatic carbocycles. The van der Waals surface area contributed by atoms with Crippen molar-refractivity contribution in [2.75, 3.05) is 45.2 Å². The number of amides is 2. The Balaban J connectivity index is -0.0000000822. The van der Waals surface area contributed by atoms with Gasteiger partial charge in [-0.25, -0.2) is 14.4 Å². The van der Waals surface area contributed by atoms with Gasteiger partial charge in [-0.3, -0.25) is 48.3 Å². The number of Topliss-reactive ketones (excluding diaryl/α,β-unsaturated/α-hetero) is 4. The van der Waals surface area contributed by atoms with Crippen LogP contribution in [0.4, 0.5) is 0 Å². The molecule has 0 atom stereocenters. The number of hydrazone groups is 1. The van der Waals surface area contributed by atoms with Crippen molar-refractivity contribution in [2.24, 2.45) is 39.8 Å². The molecule has 20 nitrogen and oxygen atoms in total. The van der Waals surface area contributed by atoms with Crippen LogP contribution >= 0.6 is 11.9 Å². The Kier molecular flexibility index (Phi) is 156. The summed E-state index contributed by atoms with van der Waals surface area (Å²) in [5.74, 6) is 3.08. The molecule has 12 aliphatic rings. The maximum atomic E-state index is 10.5. The maximum absolute atomic E-state index is 10.5. The number of ketones is 6.